The Morgan fingerprint density at radius 2 is 2.08 bits per heavy atom. The van der Waals surface area contributed by atoms with E-state index in [4.69, 9.17) is 4.74 Å². The van der Waals surface area contributed by atoms with Crippen LogP contribution in [-0.2, 0) is 21.3 Å². The first-order valence-electron chi connectivity index (χ1n) is 8.65. The lowest BCUT2D eigenvalue weighted by atomic mass is 10.2. The van der Waals surface area contributed by atoms with Crippen molar-refractivity contribution in [2.75, 3.05) is 33.4 Å². The number of hydrogen-bond donors (Lipinski definition) is 3. The first kappa shape index (κ1) is 23.1. The summed E-state index contributed by atoms with van der Waals surface area (Å²) in [5.74, 6) is 1.52. The van der Waals surface area contributed by atoms with Gasteiger partial charge in [0.15, 0.2) is 5.96 Å². The van der Waals surface area contributed by atoms with Crippen molar-refractivity contribution < 1.29 is 13.2 Å². The first-order valence-corrected chi connectivity index (χ1v) is 10.1. The molecule has 1 saturated carbocycles. The fourth-order valence-electron chi connectivity index (χ4n) is 2.25. The van der Waals surface area contributed by atoms with Gasteiger partial charge < -0.3 is 15.4 Å². The van der Waals surface area contributed by atoms with E-state index in [-0.39, 0.29) is 35.4 Å². The molecule has 2 rings (SSSR count). The van der Waals surface area contributed by atoms with Gasteiger partial charge in [-0.25, -0.2) is 18.1 Å². The van der Waals surface area contributed by atoms with Crippen LogP contribution >= 0.6 is 24.0 Å². The molecule has 0 radical (unpaired) electrons. The Morgan fingerprint density at radius 3 is 2.73 bits per heavy atom. The van der Waals surface area contributed by atoms with Crippen molar-refractivity contribution in [1.29, 1.82) is 0 Å². The smallest absolute Gasteiger partial charge is 0.240 e. The summed E-state index contributed by atoms with van der Waals surface area (Å²) in [5, 5.41) is 6.54. The molecule has 9 heteroatoms. The summed E-state index contributed by atoms with van der Waals surface area (Å²) < 4.78 is 31.9. The van der Waals surface area contributed by atoms with Gasteiger partial charge in [-0.3, -0.25) is 0 Å². The van der Waals surface area contributed by atoms with E-state index in [1.54, 1.807) is 18.2 Å². The predicted octanol–water partition coefficient (Wildman–Crippen LogP) is 1.69. The molecular formula is C17H29IN4O3S. The summed E-state index contributed by atoms with van der Waals surface area (Å²) in [5.41, 5.74) is 0.846. The fraction of sp³-hybridized carbons (Fsp3) is 0.588. The van der Waals surface area contributed by atoms with Crippen molar-refractivity contribution in [2.24, 2.45) is 10.9 Å². The highest BCUT2D eigenvalue weighted by Crippen LogP contribution is 2.27. The number of halogens is 1. The molecule has 0 unspecified atom stereocenters. The third kappa shape index (κ3) is 8.19. The van der Waals surface area contributed by atoms with Gasteiger partial charge in [0, 0.05) is 26.7 Å². The van der Waals surface area contributed by atoms with Gasteiger partial charge in [0.2, 0.25) is 10.0 Å². The second-order valence-corrected chi connectivity index (χ2v) is 7.82. The number of hydrogen-bond acceptors (Lipinski definition) is 4. The van der Waals surface area contributed by atoms with Crippen molar-refractivity contribution >= 4 is 40.0 Å². The zero-order valence-corrected chi connectivity index (χ0v) is 18.5. The highest BCUT2D eigenvalue weighted by molar-refractivity contribution is 14.0. The van der Waals surface area contributed by atoms with Crippen LogP contribution < -0.4 is 15.4 Å². The first-order chi connectivity index (χ1) is 12.0. The minimum absolute atomic E-state index is 0. The van der Waals surface area contributed by atoms with Gasteiger partial charge in [0.05, 0.1) is 18.0 Å². The zero-order valence-electron chi connectivity index (χ0n) is 15.3. The molecule has 1 aromatic carbocycles. The van der Waals surface area contributed by atoms with E-state index >= 15 is 0 Å². The van der Waals surface area contributed by atoms with Gasteiger partial charge >= 0.3 is 0 Å². The largest absolute Gasteiger partial charge is 0.383 e. The van der Waals surface area contributed by atoms with Crippen molar-refractivity contribution in [2.45, 2.75) is 31.2 Å². The quantitative estimate of drug-likeness (QED) is 0.199. The van der Waals surface area contributed by atoms with Gasteiger partial charge in [0.1, 0.15) is 0 Å². The second-order valence-electron chi connectivity index (χ2n) is 6.06. The number of guanidine groups is 1. The number of sulfonamides is 1. The molecular weight excluding hydrogens is 467 g/mol. The van der Waals surface area contributed by atoms with Crippen molar-refractivity contribution in [3.05, 3.63) is 29.8 Å². The number of ether oxygens (including phenoxy) is 1. The predicted molar refractivity (Wildman–Crippen MR) is 114 cm³/mol. The summed E-state index contributed by atoms with van der Waals surface area (Å²) in [7, 11) is -1.99. The average molecular weight is 496 g/mol. The molecule has 0 aliphatic heterocycles. The van der Waals surface area contributed by atoms with E-state index in [0.29, 0.717) is 13.2 Å². The number of rotatable bonds is 10. The fourth-order valence-corrected chi connectivity index (χ4v) is 3.33. The molecule has 0 spiro atoms. The standard InChI is InChI=1S/C17H28N4O3S.HI/c1-3-18-17(19-12-14-7-8-14)20-13-15-5-4-6-16(11-15)25(22,23)21-9-10-24-2;/h4-6,11,14,21H,3,7-10,12-13H2,1-2H3,(H2,18,19,20);1H. The molecule has 148 valence electrons. The highest BCUT2D eigenvalue weighted by Gasteiger charge is 2.21. The molecule has 1 aromatic rings. The van der Waals surface area contributed by atoms with Gasteiger partial charge in [-0.15, -0.1) is 24.0 Å². The summed E-state index contributed by atoms with van der Waals surface area (Å²) in [4.78, 5) is 4.78. The van der Waals surface area contributed by atoms with E-state index in [1.165, 1.54) is 20.0 Å². The molecule has 0 bridgehead atoms. The van der Waals surface area contributed by atoms with Crippen LogP contribution in [0.25, 0.3) is 0 Å². The minimum Gasteiger partial charge on any atom is -0.383 e. The van der Waals surface area contributed by atoms with E-state index < -0.39 is 10.0 Å². The molecule has 0 atom stereocenters. The van der Waals surface area contributed by atoms with Gasteiger partial charge in [-0.1, -0.05) is 12.1 Å². The SMILES string of the molecule is CCNC(=NCc1cccc(S(=O)(=O)NCCOC)c1)NCC1CC1.I. The Kier molecular flexibility index (Phi) is 10.4. The van der Waals surface area contributed by atoms with Crippen LogP contribution in [0.1, 0.15) is 25.3 Å². The topological polar surface area (TPSA) is 91.8 Å². The average Bonchev–Trinajstić information content (AvgIpc) is 3.42. The maximum Gasteiger partial charge on any atom is 0.240 e. The highest BCUT2D eigenvalue weighted by atomic mass is 127. The number of benzene rings is 1. The summed E-state index contributed by atoms with van der Waals surface area (Å²) in [6.07, 6.45) is 2.56. The van der Waals surface area contributed by atoms with Crippen LogP contribution in [-0.4, -0.2) is 47.7 Å². The van der Waals surface area contributed by atoms with Crippen LogP contribution in [0.2, 0.25) is 0 Å². The lowest BCUT2D eigenvalue weighted by Gasteiger charge is -2.11. The lowest BCUT2D eigenvalue weighted by Crippen LogP contribution is -2.38. The lowest BCUT2D eigenvalue weighted by molar-refractivity contribution is 0.204. The molecule has 1 aliphatic rings. The van der Waals surface area contributed by atoms with Gasteiger partial charge in [-0.2, -0.15) is 0 Å². The summed E-state index contributed by atoms with van der Waals surface area (Å²) in [6.45, 7) is 4.74. The Hall–Kier alpha value is -0.910. The monoisotopic (exact) mass is 496 g/mol. The molecule has 0 heterocycles. The Morgan fingerprint density at radius 1 is 1.31 bits per heavy atom. The number of nitrogens with one attached hydrogen (secondary N) is 3. The van der Waals surface area contributed by atoms with Crippen LogP contribution in [0.3, 0.4) is 0 Å². The van der Waals surface area contributed by atoms with Crippen molar-refractivity contribution in [3.8, 4) is 0 Å². The van der Waals surface area contributed by atoms with Gasteiger partial charge in [-0.05, 0) is 43.4 Å². The molecule has 26 heavy (non-hydrogen) atoms. The Bertz CT molecular complexity index is 678. The summed E-state index contributed by atoms with van der Waals surface area (Å²) >= 11 is 0. The van der Waals surface area contributed by atoms with E-state index in [2.05, 4.69) is 20.3 Å². The Labute approximate surface area is 173 Å². The summed E-state index contributed by atoms with van der Waals surface area (Å²) in [6, 6.07) is 6.85. The number of methoxy groups -OCH3 is 1. The molecule has 1 aliphatic carbocycles. The molecule has 0 amide bonds. The van der Waals surface area contributed by atoms with Crippen LogP contribution in [0.5, 0.6) is 0 Å². The normalized spacial score (nSPS) is 14.6. The van der Waals surface area contributed by atoms with E-state index in [1.807, 2.05) is 13.0 Å². The van der Waals surface area contributed by atoms with Crippen molar-refractivity contribution in [3.63, 3.8) is 0 Å². The third-order valence-electron chi connectivity index (χ3n) is 3.83. The van der Waals surface area contributed by atoms with Crippen molar-refractivity contribution in [1.82, 2.24) is 15.4 Å². The molecule has 3 N–H and O–H groups in total. The van der Waals surface area contributed by atoms with E-state index in [9.17, 15) is 8.42 Å². The number of nitrogens with zero attached hydrogens (tertiary/aromatic N) is 1. The zero-order chi connectivity index (χ0) is 18.1. The molecule has 1 fully saturated rings. The molecule has 7 nitrogen and oxygen atoms in total. The second kappa shape index (κ2) is 11.7. The van der Waals surface area contributed by atoms with Gasteiger partial charge in [0.25, 0.3) is 0 Å². The van der Waals surface area contributed by atoms with Crippen LogP contribution in [0.4, 0.5) is 0 Å². The minimum atomic E-state index is -3.53. The molecule has 0 saturated heterocycles. The Balaban J connectivity index is 0.00000338. The number of aliphatic imine (C=N–C) groups is 1. The third-order valence-corrected chi connectivity index (χ3v) is 5.28. The van der Waals surface area contributed by atoms with Crippen LogP contribution in [0, 0.1) is 5.92 Å². The van der Waals surface area contributed by atoms with E-state index in [0.717, 1.165) is 30.5 Å². The maximum atomic E-state index is 12.3. The van der Waals surface area contributed by atoms with Crippen LogP contribution in [0.15, 0.2) is 34.2 Å². The molecule has 0 aromatic heterocycles. The maximum absolute atomic E-state index is 12.3.